The van der Waals surface area contributed by atoms with E-state index in [1.54, 1.807) is 36.4 Å². The highest BCUT2D eigenvalue weighted by atomic mass is 16.5. The van der Waals surface area contributed by atoms with Crippen molar-refractivity contribution in [3.63, 3.8) is 0 Å². The average Bonchev–Trinajstić information content (AvgIpc) is 3.51. The molecular formula is C40H52O5. The molecule has 242 valence electrons. The number of unbranched alkanes of at least 4 members (excludes halogenated alkanes) is 9. The van der Waals surface area contributed by atoms with Crippen LogP contribution in [0, 0.1) is 5.92 Å². The van der Waals surface area contributed by atoms with E-state index in [0.29, 0.717) is 22.8 Å². The van der Waals surface area contributed by atoms with Gasteiger partial charge in [0, 0.05) is 0 Å². The summed E-state index contributed by atoms with van der Waals surface area (Å²) in [7, 11) is 0. The van der Waals surface area contributed by atoms with Gasteiger partial charge in [0.15, 0.2) is 0 Å². The molecule has 0 unspecified atom stereocenters. The third kappa shape index (κ3) is 11.4. The van der Waals surface area contributed by atoms with Gasteiger partial charge < -0.3 is 14.2 Å². The van der Waals surface area contributed by atoms with Gasteiger partial charge in [-0.1, -0.05) is 102 Å². The molecule has 3 aromatic carbocycles. The summed E-state index contributed by atoms with van der Waals surface area (Å²) in [5, 5.41) is 0. The predicted molar refractivity (Wildman–Crippen MR) is 182 cm³/mol. The van der Waals surface area contributed by atoms with E-state index in [4.69, 9.17) is 14.2 Å². The van der Waals surface area contributed by atoms with Crippen LogP contribution in [0.4, 0.5) is 0 Å². The molecule has 2 atom stereocenters. The van der Waals surface area contributed by atoms with E-state index in [1.807, 2.05) is 36.4 Å². The molecule has 3 aromatic rings. The van der Waals surface area contributed by atoms with Gasteiger partial charge in [0.2, 0.25) is 0 Å². The summed E-state index contributed by atoms with van der Waals surface area (Å²) in [6.07, 6.45) is 18.2. The minimum atomic E-state index is -0.442. The number of carbonyl (C=O) groups excluding carboxylic acids is 2. The van der Waals surface area contributed by atoms with Gasteiger partial charge in [0.05, 0.1) is 17.7 Å². The predicted octanol–water partition coefficient (Wildman–Crippen LogP) is 11.0. The Bertz CT molecular complexity index is 1280. The largest absolute Gasteiger partial charge is 0.494 e. The molecule has 1 aliphatic carbocycles. The van der Waals surface area contributed by atoms with E-state index in [1.165, 1.54) is 64.2 Å². The Morgan fingerprint density at radius 2 is 1.13 bits per heavy atom. The van der Waals surface area contributed by atoms with Gasteiger partial charge in [-0.3, -0.25) is 0 Å². The van der Waals surface area contributed by atoms with Crippen molar-refractivity contribution >= 4 is 11.9 Å². The SMILES string of the molecule is CCCCCCCCCCOc1ccc(-c2ccc(C(=O)Oc3ccc(C(=O)O[C@@H]4CCC[C@H]4CCCCC)cc3)cc2)cc1. The molecule has 4 rings (SSSR count). The van der Waals surface area contributed by atoms with Crippen LogP contribution in [0.1, 0.15) is 131 Å². The molecule has 45 heavy (non-hydrogen) atoms. The Kier molecular flexibility index (Phi) is 14.5. The third-order valence-corrected chi connectivity index (χ3v) is 8.90. The molecule has 0 heterocycles. The lowest BCUT2D eigenvalue weighted by Gasteiger charge is -2.20. The first-order valence-electron chi connectivity index (χ1n) is 17.4. The van der Waals surface area contributed by atoms with E-state index in [0.717, 1.165) is 55.6 Å². The number of esters is 2. The second-order valence-electron chi connectivity index (χ2n) is 12.5. The van der Waals surface area contributed by atoms with Gasteiger partial charge in [-0.25, -0.2) is 9.59 Å². The van der Waals surface area contributed by atoms with Gasteiger partial charge in [-0.2, -0.15) is 0 Å². The van der Waals surface area contributed by atoms with E-state index in [2.05, 4.69) is 13.8 Å². The normalized spacial score (nSPS) is 16.0. The highest BCUT2D eigenvalue weighted by molar-refractivity contribution is 5.92. The molecule has 0 amide bonds. The Balaban J connectivity index is 1.19. The van der Waals surface area contributed by atoms with Gasteiger partial charge >= 0.3 is 11.9 Å². The highest BCUT2D eigenvalue weighted by Gasteiger charge is 2.30. The molecule has 5 nitrogen and oxygen atoms in total. The third-order valence-electron chi connectivity index (χ3n) is 8.90. The van der Waals surface area contributed by atoms with Gasteiger partial charge in [-0.15, -0.1) is 0 Å². The summed E-state index contributed by atoms with van der Waals surface area (Å²) in [5.74, 6) is 0.990. The maximum atomic E-state index is 12.8. The molecule has 1 saturated carbocycles. The molecule has 0 spiro atoms. The maximum absolute atomic E-state index is 12.8. The second-order valence-corrected chi connectivity index (χ2v) is 12.5. The van der Waals surface area contributed by atoms with E-state index >= 15 is 0 Å². The summed E-state index contributed by atoms with van der Waals surface area (Å²) in [6.45, 7) is 5.21. The number of benzene rings is 3. The summed E-state index contributed by atoms with van der Waals surface area (Å²) in [5.41, 5.74) is 3.01. The van der Waals surface area contributed by atoms with Crippen molar-refractivity contribution in [3.8, 4) is 22.6 Å². The number of rotatable bonds is 19. The molecule has 5 heteroatoms. The second kappa shape index (κ2) is 19.0. The molecule has 0 bridgehead atoms. The van der Waals surface area contributed by atoms with E-state index in [9.17, 15) is 9.59 Å². The van der Waals surface area contributed by atoms with Crippen LogP contribution in [-0.4, -0.2) is 24.6 Å². The monoisotopic (exact) mass is 612 g/mol. The summed E-state index contributed by atoms with van der Waals surface area (Å²) in [6, 6.07) is 22.1. The highest BCUT2D eigenvalue weighted by Crippen LogP contribution is 2.33. The van der Waals surface area contributed by atoms with Crippen LogP contribution in [0.5, 0.6) is 11.5 Å². The fraction of sp³-hybridized carbons (Fsp3) is 0.500. The standard InChI is InChI=1S/C40H52O5/c1-3-5-7-8-9-10-11-13-30-43-36-26-22-32(23-27-36)31-18-20-34(21-19-31)39(41)44-37-28-24-35(25-29-37)40(42)45-38-17-14-16-33(38)15-12-6-4-2/h18-29,33,38H,3-17,30H2,1-2H3/t33-,38-/m1/s1. The van der Waals surface area contributed by atoms with Crippen molar-refractivity contribution in [2.45, 2.75) is 116 Å². The quantitative estimate of drug-likeness (QED) is 0.0765. The number of ether oxygens (including phenoxy) is 3. The number of carbonyl (C=O) groups is 2. The van der Waals surface area contributed by atoms with Crippen molar-refractivity contribution in [1.29, 1.82) is 0 Å². The minimum absolute atomic E-state index is 0.00522. The fourth-order valence-corrected chi connectivity index (χ4v) is 6.14. The van der Waals surface area contributed by atoms with Crippen molar-refractivity contribution < 1.29 is 23.8 Å². The van der Waals surface area contributed by atoms with Gasteiger partial charge in [0.1, 0.15) is 17.6 Å². The Morgan fingerprint density at radius 3 is 1.80 bits per heavy atom. The first-order valence-corrected chi connectivity index (χ1v) is 17.4. The summed E-state index contributed by atoms with van der Waals surface area (Å²) in [4.78, 5) is 25.6. The van der Waals surface area contributed by atoms with Crippen LogP contribution < -0.4 is 9.47 Å². The van der Waals surface area contributed by atoms with E-state index in [-0.39, 0.29) is 12.1 Å². The van der Waals surface area contributed by atoms with Crippen molar-refractivity contribution in [3.05, 3.63) is 83.9 Å². The zero-order valence-electron chi connectivity index (χ0n) is 27.4. The van der Waals surface area contributed by atoms with Crippen LogP contribution in [-0.2, 0) is 4.74 Å². The summed E-state index contributed by atoms with van der Waals surface area (Å²) >= 11 is 0. The lowest BCUT2D eigenvalue weighted by atomic mass is 9.98. The zero-order valence-corrected chi connectivity index (χ0v) is 27.4. The summed E-state index contributed by atoms with van der Waals surface area (Å²) < 4.78 is 17.4. The molecular weight excluding hydrogens is 560 g/mol. The molecule has 0 N–H and O–H groups in total. The topological polar surface area (TPSA) is 61.8 Å². The van der Waals surface area contributed by atoms with Gasteiger partial charge in [0.25, 0.3) is 0 Å². The molecule has 0 aromatic heterocycles. The molecule has 0 saturated heterocycles. The minimum Gasteiger partial charge on any atom is -0.494 e. The Hall–Kier alpha value is -3.60. The molecule has 1 fully saturated rings. The zero-order chi connectivity index (χ0) is 31.7. The lowest BCUT2D eigenvalue weighted by Crippen LogP contribution is -2.22. The lowest BCUT2D eigenvalue weighted by molar-refractivity contribution is 0.0194. The van der Waals surface area contributed by atoms with E-state index < -0.39 is 5.97 Å². The smallest absolute Gasteiger partial charge is 0.343 e. The fourth-order valence-electron chi connectivity index (χ4n) is 6.14. The van der Waals surface area contributed by atoms with Crippen LogP contribution in [0.15, 0.2) is 72.8 Å². The number of hydrogen-bond donors (Lipinski definition) is 0. The van der Waals surface area contributed by atoms with Crippen LogP contribution >= 0.6 is 0 Å². The maximum Gasteiger partial charge on any atom is 0.343 e. The van der Waals surface area contributed by atoms with Crippen molar-refractivity contribution in [1.82, 2.24) is 0 Å². The number of hydrogen-bond acceptors (Lipinski definition) is 5. The Labute approximate surface area is 270 Å². The van der Waals surface area contributed by atoms with Crippen molar-refractivity contribution in [2.75, 3.05) is 6.61 Å². The first kappa shape index (κ1) is 34.3. The average molecular weight is 613 g/mol. The molecule has 1 aliphatic rings. The Morgan fingerprint density at radius 1 is 0.600 bits per heavy atom. The van der Waals surface area contributed by atoms with Crippen molar-refractivity contribution in [2.24, 2.45) is 5.92 Å². The van der Waals surface area contributed by atoms with Crippen LogP contribution in [0.25, 0.3) is 11.1 Å². The van der Waals surface area contributed by atoms with Gasteiger partial charge in [-0.05, 0) is 97.7 Å². The first-order chi connectivity index (χ1) is 22.1. The van der Waals surface area contributed by atoms with Crippen LogP contribution in [0.2, 0.25) is 0 Å². The molecule has 0 radical (unpaired) electrons. The van der Waals surface area contributed by atoms with Crippen LogP contribution in [0.3, 0.4) is 0 Å². The molecule has 0 aliphatic heterocycles.